The summed E-state index contributed by atoms with van der Waals surface area (Å²) in [4.78, 5) is 30.1. The molecule has 0 aromatic heterocycles. The summed E-state index contributed by atoms with van der Waals surface area (Å²) in [5, 5.41) is 3.05. The number of amides is 2. The molecule has 0 heterocycles. The summed E-state index contributed by atoms with van der Waals surface area (Å²) < 4.78 is 40.4. The zero-order chi connectivity index (χ0) is 34.0. The Labute approximate surface area is 278 Å². The number of ether oxygens (including phenoxy) is 2. The Balaban J connectivity index is 1.83. The number of benzene rings is 4. The number of sulfonamides is 1. The van der Waals surface area contributed by atoms with Crippen molar-refractivity contribution in [3.63, 3.8) is 0 Å². The summed E-state index contributed by atoms with van der Waals surface area (Å²) in [6.45, 7) is 5.23. The number of hydrogen-bond acceptors (Lipinski definition) is 6. The molecule has 1 N–H and O–H groups in total. The Morgan fingerprint density at radius 1 is 0.809 bits per heavy atom. The maximum Gasteiger partial charge on any atom is 0.264 e. The van der Waals surface area contributed by atoms with Gasteiger partial charge in [0.15, 0.2) is 0 Å². The minimum absolute atomic E-state index is 0.0356. The van der Waals surface area contributed by atoms with Crippen molar-refractivity contribution in [1.29, 1.82) is 0 Å². The van der Waals surface area contributed by atoms with Crippen LogP contribution in [0.5, 0.6) is 11.5 Å². The van der Waals surface area contributed by atoms with Gasteiger partial charge in [-0.3, -0.25) is 13.9 Å². The summed E-state index contributed by atoms with van der Waals surface area (Å²) in [7, 11) is -1.18. The maximum atomic E-state index is 14.6. The zero-order valence-corrected chi connectivity index (χ0v) is 28.4. The lowest BCUT2D eigenvalue weighted by Gasteiger charge is -2.34. The van der Waals surface area contributed by atoms with E-state index in [0.717, 1.165) is 21.0 Å². The minimum Gasteiger partial charge on any atom is -0.497 e. The first-order valence-electron chi connectivity index (χ1n) is 15.6. The summed E-state index contributed by atoms with van der Waals surface area (Å²) in [5.74, 6) is 0.154. The normalized spacial score (nSPS) is 12.4. The number of carbonyl (C=O) groups excluding carboxylic acids is 2. The topological polar surface area (TPSA) is 105 Å². The van der Waals surface area contributed by atoms with E-state index in [2.05, 4.69) is 5.32 Å². The number of rotatable bonds is 15. The third-order valence-electron chi connectivity index (χ3n) is 7.99. The van der Waals surface area contributed by atoms with Gasteiger partial charge in [0.05, 0.1) is 24.8 Å². The Morgan fingerprint density at radius 3 is 2.06 bits per heavy atom. The number of nitrogens with zero attached hydrogens (tertiary/aromatic N) is 2. The van der Waals surface area contributed by atoms with Crippen LogP contribution in [0.25, 0.3) is 0 Å². The third kappa shape index (κ3) is 9.13. The van der Waals surface area contributed by atoms with E-state index in [4.69, 9.17) is 9.47 Å². The van der Waals surface area contributed by atoms with Crippen molar-refractivity contribution in [2.24, 2.45) is 0 Å². The molecule has 0 aliphatic heterocycles. The Hall–Kier alpha value is -4.83. The van der Waals surface area contributed by atoms with Crippen molar-refractivity contribution in [2.75, 3.05) is 25.1 Å². The van der Waals surface area contributed by atoms with Crippen LogP contribution in [0, 0.1) is 6.92 Å². The third-order valence-corrected chi connectivity index (χ3v) is 9.78. The van der Waals surface area contributed by atoms with Crippen LogP contribution in [0.3, 0.4) is 0 Å². The monoisotopic (exact) mass is 657 g/mol. The number of carbonyl (C=O) groups is 2. The van der Waals surface area contributed by atoms with Gasteiger partial charge in [-0.05, 0) is 67.8 Å². The maximum absolute atomic E-state index is 14.6. The van der Waals surface area contributed by atoms with Crippen molar-refractivity contribution in [1.82, 2.24) is 10.2 Å². The van der Waals surface area contributed by atoms with Crippen LogP contribution in [0.2, 0.25) is 0 Å². The highest BCUT2D eigenvalue weighted by atomic mass is 32.2. The molecule has 2 amide bonds. The van der Waals surface area contributed by atoms with Crippen molar-refractivity contribution >= 4 is 27.5 Å². The summed E-state index contributed by atoms with van der Waals surface area (Å²) in [6, 6.07) is 28.7. The van der Waals surface area contributed by atoms with E-state index in [1.165, 1.54) is 24.1 Å². The summed E-state index contributed by atoms with van der Waals surface area (Å²) >= 11 is 0. The SMILES string of the molecule is CC[C@H](C)NC(=O)[C@H](Cc1ccccc1)N(Cc1cccc(OC)c1)C(=O)CN(c1cccc(OC)c1)S(=O)(=O)c1ccc(C)cc1. The lowest BCUT2D eigenvalue weighted by atomic mass is 10.0. The van der Waals surface area contributed by atoms with Crippen LogP contribution in [0.1, 0.15) is 37.0 Å². The quantitative estimate of drug-likeness (QED) is 0.174. The highest BCUT2D eigenvalue weighted by Gasteiger charge is 2.35. The molecule has 0 bridgehead atoms. The minimum atomic E-state index is -4.23. The molecular formula is C37H43N3O6S. The highest BCUT2D eigenvalue weighted by molar-refractivity contribution is 7.92. The molecule has 0 unspecified atom stereocenters. The first-order valence-corrected chi connectivity index (χ1v) is 17.0. The second kappa shape index (κ2) is 16.1. The second-order valence-corrected chi connectivity index (χ2v) is 13.3. The summed E-state index contributed by atoms with van der Waals surface area (Å²) in [6.07, 6.45) is 0.925. The zero-order valence-electron chi connectivity index (χ0n) is 27.6. The molecule has 0 radical (unpaired) electrons. The van der Waals surface area contributed by atoms with E-state index in [9.17, 15) is 18.0 Å². The van der Waals surface area contributed by atoms with E-state index >= 15 is 0 Å². The summed E-state index contributed by atoms with van der Waals surface area (Å²) in [5.41, 5.74) is 2.73. The van der Waals surface area contributed by atoms with E-state index < -0.39 is 28.5 Å². The average Bonchev–Trinajstić information content (AvgIpc) is 3.09. The number of anilines is 1. The molecule has 0 spiro atoms. The number of nitrogens with one attached hydrogen (secondary N) is 1. The van der Waals surface area contributed by atoms with Gasteiger partial charge >= 0.3 is 0 Å². The van der Waals surface area contributed by atoms with Crippen molar-refractivity contribution in [2.45, 2.75) is 57.1 Å². The molecule has 4 rings (SSSR count). The Bertz CT molecular complexity index is 1750. The molecule has 0 fully saturated rings. The number of methoxy groups -OCH3 is 2. The largest absolute Gasteiger partial charge is 0.497 e. The van der Waals surface area contributed by atoms with Crippen LogP contribution in [-0.2, 0) is 32.6 Å². The van der Waals surface area contributed by atoms with Gasteiger partial charge in [-0.15, -0.1) is 0 Å². The van der Waals surface area contributed by atoms with Gasteiger partial charge in [0.2, 0.25) is 11.8 Å². The molecule has 9 nitrogen and oxygen atoms in total. The van der Waals surface area contributed by atoms with Crippen molar-refractivity contribution in [3.05, 3.63) is 120 Å². The van der Waals surface area contributed by atoms with Gasteiger partial charge < -0.3 is 19.7 Å². The first-order chi connectivity index (χ1) is 22.5. The molecule has 0 saturated heterocycles. The highest BCUT2D eigenvalue weighted by Crippen LogP contribution is 2.28. The molecule has 248 valence electrons. The molecule has 47 heavy (non-hydrogen) atoms. The van der Waals surface area contributed by atoms with Crippen LogP contribution >= 0.6 is 0 Å². The van der Waals surface area contributed by atoms with Gasteiger partial charge in [-0.25, -0.2) is 8.42 Å². The Kier molecular flexibility index (Phi) is 12.0. The number of aryl methyl sites for hydroxylation is 1. The molecule has 10 heteroatoms. The van der Waals surface area contributed by atoms with E-state index in [1.807, 2.05) is 63.2 Å². The van der Waals surface area contributed by atoms with E-state index in [0.29, 0.717) is 17.9 Å². The van der Waals surface area contributed by atoms with Crippen molar-refractivity contribution in [3.8, 4) is 11.5 Å². The molecule has 0 saturated carbocycles. The fourth-order valence-corrected chi connectivity index (χ4v) is 6.50. The van der Waals surface area contributed by atoms with Crippen LogP contribution in [0.4, 0.5) is 5.69 Å². The lowest BCUT2D eigenvalue weighted by molar-refractivity contribution is -0.140. The molecule has 0 aliphatic carbocycles. The van der Waals surface area contributed by atoms with Crippen molar-refractivity contribution < 1.29 is 27.5 Å². The molecule has 4 aromatic rings. The van der Waals surface area contributed by atoms with Gasteiger partial charge in [-0.1, -0.05) is 73.2 Å². The second-order valence-electron chi connectivity index (χ2n) is 11.4. The average molecular weight is 658 g/mol. The molecule has 0 aliphatic rings. The predicted molar refractivity (Wildman–Crippen MR) is 184 cm³/mol. The van der Waals surface area contributed by atoms with E-state index in [-0.39, 0.29) is 35.5 Å². The fourth-order valence-electron chi connectivity index (χ4n) is 5.09. The van der Waals surface area contributed by atoms with Crippen LogP contribution < -0.4 is 19.1 Å². The van der Waals surface area contributed by atoms with Crippen LogP contribution in [0.15, 0.2) is 108 Å². The Morgan fingerprint density at radius 2 is 1.43 bits per heavy atom. The van der Waals surface area contributed by atoms with Gasteiger partial charge in [0.1, 0.15) is 24.1 Å². The smallest absolute Gasteiger partial charge is 0.264 e. The fraction of sp³-hybridized carbons (Fsp3) is 0.297. The molecule has 2 atom stereocenters. The first kappa shape index (κ1) is 35.0. The van der Waals surface area contributed by atoms with Gasteiger partial charge in [0.25, 0.3) is 10.0 Å². The van der Waals surface area contributed by atoms with Crippen LogP contribution in [-0.4, -0.2) is 58.0 Å². The van der Waals surface area contributed by atoms with Gasteiger partial charge in [0, 0.05) is 25.1 Å². The van der Waals surface area contributed by atoms with Gasteiger partial charge in [-0.2, -0.15) is 0 Å². The lowest BCUT2D eigenvalue weighted by Crippen LogP contribution is -2.54. The van der Waals surface area contributed by atoms with E-state index in [1.54, 1.807) is 55.6 Å². The molecular weight excluding hydrogens is 614 g/mol. The number of hydrogen-bond donors (Lipinski definition) is 1. The standard InChI is InChI=1S/C37H43N3O6S/c1-6-28(3)38-37(42)35(23-29-12-8-7-9-13-29)39(25-30-14-10-16-32(22-30)45-4)36(41)26-40(31-15-11-17-33(24-31)46-5)47(43,44)34-20-18-27(2)19-21-34/h7-22,24,28,35H,6,23,25-26H2,1-5H3,(H,38,42)/t28-,35-/m0/s1. The molecule has 4 aromatic carbocycles. The predicted octanol–water partition coefficient (Wildman–Crippen LogP) is 5.76.